The molecular weight excluding hydrogens is 475 g/mol. The number of carbonyl (C=O) groups is 1. The first kappa shape index (κ1) is 23.8. The molecule has 32 heavy (non-hydrogen) atoms. The molecule has 0 unspecified atom stereocenters. The Kier molecular flexibility index (Phi) is 7.22. The summed E-state index contributed by atoms with van der Waals surface area (Å²) < 4.78 is 28.9. The summed E-state index contributed by atoms with van der Waals surface area (Å²) in [5, 5.41) is 6.52. The van der Waals surface area contributed by atoms with Gasteiger partial charge in [-0.05, 0) is 54.4 Å². The summed E-state index contributed by atoms with van der Waals surface area (Å²) in [6.45, 7) is 3.90. The molecule has 0 saturated heterocycles. The third kappa shape index (κ3) is 5.67. The van der Waals surface area contributed by atoms with Gasteiger partial charge in [-0.1, -0.05) is 37.0 Å². The number of hydrogen-bond acceptors (Lipinski definition) is 5. The smallest absolute Gasteiger partial charge is 0.291 e. The molecule has 1 heterocycles. The van der Waals surface area contributed by atoms with Gasteiger partial charge in [0, 0.05) is 17.8 Å². The third-order valence-electron chi connectivity index (χ3n) is 4.28. The van der Waals surface area contributed by atoms with Gasteiger partial charge in [0.2, 0.25) is 5.91 Å². The zero-order valence-electron chi connectivity index (χ0n) is 17.2. The minimum atomic E-state index is -3.88. The second kappa shape index (κ2) is 9.72. The first-order chi connectivity index (χ1) is 15.1. The van der Waals surface area contributed by atoms with E-state index in [0.717, 1.165) is 4.68 Å². The second-order valence-electron chi connectivity index (χ2n) is 7.35. The van der Waals surface area contributed by atoms with Crippen LogP contribution in [0.3, 0.4) is 0 Å². The fourth-order valence-corrected chi connectivity index (χ4v) is 4.09. The third-order valence-corrected chi connectivity index (χ3v) is 6.43. The molecule has 0 aliphatic carbocycles. The lowest BCUT2D eigenvalue weighted by Crippen LogP contribution is -2.21. The number of hydrogen-bond donors (Lipinski definition) is 2. The van der Waals surface area contributed by atoms with E-state index < -0.39 is 15.6 Å². The monoisotopic (exact) mass is 494 g/mol. The van der Waals surface area contributed by atoms with Crippen LogP contribution < -0.4 is 15.6 Å². The van der Waals surface area contributed by atoms with Crippen molar-refractivity contribution >= 4 is 50.5 Å². The first-order valence-corrected chi connectivity index (χ1v) is 11.8. The minimum Gasteiger partial charge on any atom is -0.326 e. The van der Waals surface area contributed by atoms with E-state index in [1.165, 1.54) is 30.5 Å². The molecule has 2 N–H and O–H groups in total. The van der Waals surface area contributed by atoms with Gasteiger partial charge in [0.05, 0.1) is 21.8 Å². The van der Waals surface area contributed by atoms with E-state index >= 15 is 0 Å². The van der Waals surface area contributed by atoms with Gasteiger partial charge < -0.3 is 5.32 Å². The van der Waals surface area contributed by atoms with E-state index in [9.17, 15) is 18.0 Å². The average molecular weight is 495 g/mol. The van der Waals surface area contributed by atoms with Crippen molar-refractivity contribution in [2.45, 2.75) is 25.2 Å². The maximum Gasteiger partial charge on any atom is 0.291 e. The predicted octanol–water partition coefficient (Wildman–Crippen LogP) is 4.32. The number of anilines is 2. The van der Waals surface area contributed by atoms with E-state index in [0.29, 0.717) is 23.5 Å². The van der Waals surface area contributed by atoms with E-state index in [2.05, 4.69) is 15.1 Å². The highest BCUT2D eigenvalue weighted by Gasteiger charge is 2.16. The van der Waals surface area contributed by atoms with Crippen LogP contribution in [-0.4, -0.2) is 24.1 Å². The minimum absolute atomic E-state index is 0.0105. The van der Waals surface area contributed by atoms with E-state index in [-0.39, 0.29) is 26.8 Å². The molecule has 1 amide bonds. The summed E-state index contributed by atoms with van der Waals surface area (Å²) in [6.07, 6.45) is 1.63. The molecule has 0 fully saturated rings. The maximum absolute atomic E-state index is 12.7. The van der Waals surface area contributed by atoms with Crippen LogP contribution >= 0.6 is 23.2 Å². The summed E-state index contributed by atoms with van der Waals surface area (Å²) in [5.74, 6) is 0.127. The first-order valence-electron chi connectivity index (χ1n) is 9.53. The molecule has 0 aliphatic heterocycles. The maximum atomic E-state index is 12.7. The number of nitrogens with one attached hydrogen (secondary N) is 2. The average Bonchev–Trinajstić information content (AvgIpc) is 2.73. The standard InChI is InChI=1S/C21H20Cl2N4O4S/c1-13(2)11-19(28)25-14-3-5-15(6-4-14)26-32(30,31)17-9-7-16(8-10-17)27-21(29)20(23)18(22)12-24-27/h3-10,12-13,26H,11H2,1-2H3,(H,25,28). The Morgan fingerprint density at radius 1 is 1.03 bits per heavy atom. The van der Waals surface area contributed by atoms with Crippen molar-refractivity contribution in [3.63, 3.8) is 0 Å². The molecule has 0 atom stereocenters. The van der Waals surface area contributed by atoms with Crippen molar-refractivity contribution < 1.29 is 13.2 Å². The molecule has 3 aromatic rings. The largest absolute Gasteiger partial charge is 0.326 e. The molecule has 168 valence electrons. The molecule has 0 saturated carbocycles. The van der Waals surface area contributed by atoms with Crippen LogP contribution in [0.1, 0.15) is 20.3 Å². The van der Waals surface area contributed by atoms with Crippen LogP contribution in [-0.2, 0) is 14.8 Å². The van der Waals surface area contributed by atoms with Crippen molar-refractivity contribution in [3.8, 4) is 5.69 Å². The number of benzene rings is 2. The Morgan fingerprint density at radius 2 is 1.62 bits per heavy atom. The number of halogens is 2. The Hall–Kier alpha value is -2.88. The SMILES string of the molecule is CC(C)CC(=O)Nc1ccc(NS(=O)(=O)c2ccc(-n3ncc(Cl)c(Cl)c3=O)cc2)cc1. The van der Waals surface area contributed by atoms with Gasteiger partial charge in [0.25, 0.3) is 15.6 Å². The number of carbonyl (C=O) groups excluding carboxylic acids is 1. The van der Waals surface area contributed by atoms with Crippen molar-refractivity contribution in [3.05, 3.63) is 75.1 Å². The highest BCUT2D eigenvalue weighted by Crippen LogP contribution is 2.21. The summed E-state index contributed by atoms with van der Waals surface area (Å²) in [6, 6.07) is 11.9. The van der Waals surface area contributed by atoms with Crippen molar-refractivity contribution in [2.24, 2.45) is 5.92 Å². The summed E-state index contributed by atoms with van der Waals surface area (Å²) >= 11 is 11.6. The zero-order chi connectivity index (χ0) is 23.5. The van der Waals surface area contributed by atoms with Gasteiger partial charge in [-0.25, -0.2) is 8.42 Å². The van der Waals surface area contributed by atoms with Gasteiger partial charge >= 0.3 is 0 Å². The van der Waals surface area contributed by atoms with Crippen LogP contribution in [0, 0.1) is 5.92 Å². The molecule has 1 aromatic heterocycles. The van der Waals surface area contributed by atoms with Crippen LogP contribution in [0.4, 0.5) is 11.4 Å². The van der Waals surface area contributed by atoms with Crippen molar-refractivity contribution in [1.82, 2.24) is 9.78 Å². The van der Waals surface area contributed by atoms with Crippen LogP contribution in [0.25, 0.3) is 5.69 Å². The summed E-state index contributed by atoms with van der Waals surface area (Å²) in [5.41, 5.74) is 0.614. The van der Waals surface area contributed by atoms with Gasteiger partial charge in [0.15, 0.2) is 0 Å². The second-order valence-corrected chi connectivity index (χ2v) is 9.81. The van der Waals surface area contributed by atoms with Crippen molar-refractivity contribution in [2.75, 3.05) is 10.0 Å². The number of aromatic nitrogens is 2. The van der Waals surface area contributed by atoms with Gasteiger partial charge in [-0.3, -0.25) is 14.3 Å². The summed E-state index contributed by atoms with van der Waals surface area (Å²) in [7, 11) is -3.88. The molecule has 8 nitrogen and oxygen atoms in total. The van der Waals surface area contributed by atoms with Gasteiger partial charge in [0.1, 0.15) is 5.02 Å². The fourth-order valence-electron chi connectivity index (χ4n) is 2.78. The highest BCUT2D eigenvalue weighted by atomic mass is 35.5. The topological polar surface area (TPSA) is 110 Å². The molecule has 11 heteroatoms. The van der Waals surface area contributed by atoms with Gasteiger partial charge in [-0.2, -0.15) is 9.78 Å². The molecule has 3 rings (SSSR count). The Bertz CT molecular complexity index is 1290. The Labute approximate surface area is 195 Å². The fraction of sp³-hybridized carbons (Fsp3) is 0.190. The zero-order valence-corrected chi connectivity index (χ0v) is 19.5. The number of amides is 1. The molecular formula is C21H20Cl2N4O4S. The number of rotatable bonds is 7. The van der Waals surface area contributed by atoms with E-state index in [4.69, 9.17) is 23.2 Å². The normalized spacial score (nSPS) is 11.4. The number of nitrogens with zero attached hydrogens (tertiary/aromatic N) is 2. The van der Waals surface area contributed by atoms with E-state index in [1.54, 1.807) is 24.3 Å². The molecule has 0 bridgehead atoms. The van der Waals surface area contributed by atoms with Crippen LogP contribution in [0.2, 0.25) is 10.0 Å². The Balaban J connectivity index is 1.74. The van der Waals surface area contributed by atoms with Crippen molar-refractivity contribution in [1.29, 1.82) is 0 Å². The lowest BCUT2D eigenvalue weighted by Gasteiger charge is -2.11. The predicted molar refractivity (Wildman–Crippen MR) is 125 cm³/mol. The Morgan fingerprint density at radius 3 is 2.22 bits per heavy atom. The lowest BCUT2D eigenvalue weighted by atomic mass is 10.1. The molecule has 0 aliphatic rings. The van der Waals surface area contributed by atoms with Crippen LogP contribution in [0.15, 0.2) is 64.4 Å². The molecule has 0 radical (unpaired) electrons. The lowest BCUT2D eigenvalue weighted by molar-refractivity contribution is -0.116. The van der Waals surface area contributed by atoms with Crippen LogP contribution in [0.5, 0.6) is 0 Å². The summed E-state index contributed by atoms with van der Waals surface area (Å²) in [4.78, 5) is 24.0. The highest BCUT2D eigenvalue weighted by molar-refractivity contribution is 7.92. The quantitative estimate of drug-likeness (QED) is 0.507. The molecule has 2 aromatic carbocycles. The molecule has 0 spiro atoms. The van der Waals surface area contributed by atoms with Gasteiger partial charge in [-0.15, -0.1) is 0 Å². The number of sulfonamides is 1. The van der Waals surface area contributed by atoms with E-state index in [1.807, 2.05) is 13.8 Å².